The van der Waals surface area contributed by atoms with Gasteiger partial charge in [-0.15, -0.1) is 0 Å². The molecule has 2 aliphatic rings. The summed E-state index contributed by atoms with van der Waals surface area (Å²) in [7, 11) is 0. The Morgan fingerprint density at radius 2 is 2.05 bits per heavy atom. The van der Waals surface area contributed by atoms with Gasteiger partial charge in [0, 0.05) is 24.3 Å². The highest BCUT2D eigenvalue weighted by Crippen LogP contribution is 2.38. The maximum absolute atomic E-state index is 10.8. The number of carboxylic acid groups (broad SMARTS) is 1. The van der Waals surface area contributed by atoms with Gasteiger partial charge in [0.15, 0.2) is 0 Å². The van der Waals surface area contributed by atoms with Crippen molar-refractivity contribution >= 4 is 11.9 Å². The van der Waals surface area contributed by atoms with E-state index in [0.717, 1.165) is 37.1 Å². The maximum atomic E-state index is 10.8. The first-order valence-corrected chi connectivity index (χ1v) is 7.01. The Labute approximate surface area is 117 Å². The van der Waals surface area contributed by atoms with Gasteiger partial charge < -0.3 is 20.4 Å². The lowest BCUT2D eigenvalue weighted by molar-refractivity contribution is 0.185. The number of piperidine rings is 1. The Hall–Kier alpha value is -1.82. The number of fused-ring (bicyclic) bond motifs is 2. The summed E-state index contributed by atoms with van der Waals surface area (Å²) < 4.78 is 0. The number of aromatic nitrogens is 1. The molecule has 3 heterocycles. The molecule has 1 aromatic heterocycles. The van der Waals surface area contributed by atoms with Crippen LogP contribution in [0.4, 0.5) is 10.6 Å². The molecule has 1 amide bonds. The largest absolute Gasteiger partial charge is 0.465 e. The van der Waals surface area contributed by atoms with Gasteiger partial charge in [-0.25, -0.2) is 9.78 Å². The zero-order valence-corrected chi connectivity index (χ0v) is 11.2. The number of anilines is 1. The van der Waals surface area contributed by atoms with Crippen molar-refractivity contribution in [2.75, 3.05) is 4.90 Å². The fourth-order valence-corrected chi connectivity index (χ4v) is 3.51. The van der Waals surface area contributed by atoms with Crippen LogP contribution >= 0.6 is 0 Å². The van der Waals surface area contributed by atoms with E-state index in [0.29, 0.717) is 12.1 Å². The van der Waals surface area contributed by atoms with E-state index in [9.17, 15) is 4.79 Å². The number of hydrogen-bond donors (Lipinski definition) is 3. The van der Waals surface area contributed by atoms with Crippen LogP contribution < -0.4 is 10.2 Å². The Morgan fingerprint density at radius 3 is 2.55 bits per heavy atom. The molecule has 3 N–H and O–H groups in total. The Bertz CT molecular complexity index is 477. The highest BCUT2D eigenvalue weighted by Gasteiger charge is 2.41. The molecule has 2 fully saturated rings. The van der Waals surface area contributed by atoms with Crippen molar-refractivity contribution in [2.24, 2.45) is 0 Å². The zero-order valence-electron chi connectivity index (χ0n) is 11.2. The molecule has 6 nitrogen and oxygen atoms in total. The molecular weight excluding hydrogens is 258 g/mol. The third-order valence-electron chi connectivity index (χ3n) is 4.32. The molecule has 108 valence electrons. The van der Waals surface area contributed by atoms with Gasteiger partial charge in [-0.05, 0) is 37.3 Å². The van der Waals surface area contributed by atoms with Crippen molar-refractivity contribution in [3.63, 3.8) is 0 Å². The minimum Gasteiger partial charge on any atom is -0.465 e. The van der Waals surface area contributed by atoms with Crippen LogP contribution in [0.3, 0.4) is 0 Å². The van der Waals surface area contributed by atoms with Crippen molar-refractivity contribution in [3.05, 3.63) is 23.9 Å². The molecule has 3 atom stereocenters. The first kappa shape index (κ1) is 13.2. The molecule has 3 rings (SSSR count). The van der Waals surface area contributed by atoms with Crippen LogP contribution in [0, 0.1) is 0 Å². The third-order valence-corrected chi connectivity index (χ3v) is 4.32. The molecule has 0 aliphatic carbocycles. The normalized spacial score (nSPS) is 28.4. The lowest BCUT2D eigenvalue weighted by Crippen LogP contribution is -2.50. The van der Waals surface area contributed by atoms with E-state index in [1.54, 1.807) is 6.20 Å². The topological polar surface area (TPSA) is 85.7 Å². The van der Waals surface area contributed by atoms with E-state index < -0.39 is 6.09 Å². The van der Waals surface area contributed by atoms with Crippen LogP contribution in [0.1, 0.15) is 31.2 Å². The van der Waals surface area contributed by atoms with E-state index >= 15 is 0 Å². The number of hydrogen-bond acceptors (Lipinski definition) is 4. The van der Waals surface area contributed by atoms with Crippen LogP contribution in [-0.2, 0) is 6.61 Å². The molecule has 20 heavy (non-hydrogen) atoms. The molecule has 2 saturated heterocycles. The number of aliphatic hydroxyl groups excluding tert-OH is 1. The monoisotopic (exact) mass is 277 g/mol. The number of aliphatic hydroxyl groups is 1. The Morgan fingerprint density at radius 1 is 1.35 bits per heavy atom. The molecular formula is C14H19N3O3. The standard InChI is InChI=1S/C14H19N3O3/c18-8-9-1-4-13(15-7-9)17-11-2-3-12(17)6-10(5-11)16-14(19)20/h1,4,7,10-12,16,18H,2-3,5-6,8H2,(H,19,20)/t10-,11+,12-. The average molecular weight is 277 g/mol. The summed E-state index contributed by atoms with van der Waals surface area (Å²) in [6, 6.07) is 4.61. The Kier molecular flexibility index (Phi) is 3.48. The van der Waals surface area contributed by atoms with Crippen LogP contribution in [0.2, 0.25) is 0 Å². The average Bonchev–Trinajstić information content (AvgIpc) is 2.70. The van der Waals surface area contributed by atoms with Crippen LogP contribution in [-0.4, -0.2) is 39.4 Å². The fraction of sp³-hybridized carbons (Fsp3) is 0.571. The molecule has 6 heteroatoms. The van der Waals surface area contributed by atoms with Gasteiger partial charge in [-0.1, -0.05) is 6.07 Å². The molecule has 2 bridgehead atoms. The van der Waals surface area contributed by atoms with Crippen LogP contribution in [0.5, 0.6) is 0 Å². The maximum Gasteiger partial charge on any atom is 0.404 e. The number of carbonyl (C=O) groups is 1. The number of nitrogens with zero attached hydrogens (tertiary/aromatic N) is 2. The van der Waals surface area contributed by atoms with Crippen molar-refractivity contribution in [3.8, 4) is 0 Å². The predicted molar refractivity (Wildman–Crippen MR) is 73.6 cm³/mol. The lowest BCUT2D eigenvalue weighted by Gasteiger charge is -2.39. The second kappa shape index (κ2) is 5.28. The van der Waals surface area contributed by atoms with Gasteiger partial charge in [-0.2, -0.15) is 0 Å². The number of rotatable bonds is 3. The predicted octanol–water partition coefficient (Wildman–Crippen LogP) is 1.34. The second-order valence-corrected chi connectivity index (χ2v) is 5.59. The summed E-state index contributed by atoms with van der Waals surface area (Å²) in [4.78, 5) is 17.5. The summed E-state index contributed by atoms with van der Waals surface area (Å²) >= 11 is 0. The van der Waals surface area contributed by atoms with Gasteiger partial charge in [0.25, 0.3) is 0 Å². The number of pyridine rings is 1. The molecule has 1 aromatic rings. The first-order valence-electron chi connectivity index (χ1n) is 7.01. The smallest absolute Gasteiger partial charge is 0.404 e. The Balaban J connectivity index is 1.74. The number of nitrogens with one attached hydrogen (secondary N) is 1. The molecule has 2 aliphatic heterocycles. The SMILES string of the molecule is O=C(O)N[C@H]1C[C@H]2CC[C@@H](C1)N2c1ccc(CO)cn1. The van der Waals surface area contributed by atoms with E-state index in [-0.39, 0.29) is 12.6 Å². The molecule has 0 saturated carbocycles. The highest BCUT2D eigenvalue weighted by atomic mass is 16.4. The van der Waals surface area contributed by atoms with Gasteiger partial charge >= 0.3 is 6.09 Å². The van der Waals surface area contributed by atoms with Gasteiger partial charge in [-0.3, -0.25) is 0 Å². The summed E-state index contributed by atoms with van der Waals surface area (Å²) in [5, 5.41) is 20.5. The first-order chi connectivity index (χ1) is 9.67. The molecule has 0 aromatic carbocycles. The number of amides is 1. The quantitative estimate of drug-likeness (QED) is 0.776. The fourth-order valence-electron chi connectivity index (χ4n) is 3.51. The summed E-state index contributed by atoms with van der Waals surface area (Å²) in [6.45, 7) is 0.00471. The van der Waals surface area contributed by atoms with Gasteiger partial charge in [0.1, 0.15) is 5.82 Å². The second-order valence-electron chi connectivity index (χ2n) is 5.59. The van der Waals surface area contributed by atoms with Crippen molar-refractivity contribution in [1.29, 1.82) is 0 Å². The van der Waals surface area contributed by atoms with E-state index in [1.165, 1.54) is 0 Å². The van der Waals surface area contributed by atoms with Gasteiger partial charge in [0.05, 0.1) is 6.61 Å². The van der Waals surface area contributed by atoms with Crippen molar-refractivity contribution < 1.29 is 15.0 Å². The molecule has 0 spiro atoms. The van der Waals surface area contributed by atoms with Crippen LogP contribution in [0.25, 0.3) is 0 Å². The van der Waals surface area contributed by atoms with Crippen molar-refractivity contribution in [2.45, 2.75) is 50.4 Å². The third kappa shape index (κ3) is 2.43. The van der Waals surface area contributed by atoms with Crippen molar-refractivity contribution in [1.82, 2.24) is 10.3 Å². The zero-order chi connectivity index (χ0) is 14.1. The minimum absolute atomic E-state index is 0.00471. The van der Waals surface area contributed by atoms with Gasteiger partial charge in [0.2, 0.25) is 0 Å². The highest BCUT2D eigenvalue weighted by molar-refractivity contribution is 5.65. The lowest BCUT2D eigenvalue weighted by atomic mass is 9.97. The van der Waals surface area contributed by atoms with E-state index in [2.05, 4.69) is 15.2 Å². The van der Waals surface area contributed by atoms with Crippen LogP contribution in [0.15, 0.2) is 18.3 Å². The summed E-state index contributed by atoms with van der Waals surface area (Å²) in [5.41, 5.74) is 0.809. The van der Waals surface area contributed by atoms with E-state index in [1.807, 2.05) is 12.1 Å². The minimum atomic E-state index is -0.937. The summed E-state index contributed by atoms with van der Waals surface area (Å²) in [6.07, 6.45) is 4.63. The summed E-state index contributed by atoms with van der Waals surface area (Å²) in [5.74, 6) is 0.934. The molecule has 0 unspecified atom stereocenters. The molecule has 0 radical (unpaired) electrons. The van der Waals surface area contributed by atoms with E-state index in [4.69, 9.17) is 10.2 Å².